The number of rotatable bonds is 4. The van der Waals surface area contributed by atoms with E-state index in [1.54, 1.807) is 4.90 Å². The van der Waals surface area contributed by atoms with Crippen molar-refractivity contribution in [1.29, 1.82) is 0 Å². The molecule has 130 valence electrons. The van der Waals surface area contributed by atoms with Crippen molar-refractivity contribution in [2.24, 2.45) is 11.8 Å². The van der Waals surface area contributed by atoms with Gasteiger partial charge in [0.05, 0.1) is 0 Å². The predicted octanol–water partition coefficient (Wildman–Crippen LogP) is 2.73. The minimum Gasteiger partial charge on any atom is -0.346 e. The molecule has 1 aromatic rings. The summed E-state index contributed by atoms with van der Waals surface area (Å²) in [6.45, 7) is 2.43. The molecule has 24 heavy (non-hydrogen) atoms. The van der Waals surface area contributed by atoms with Crippen LogP contribution in [0.5, 0.6) is 0 Å². The van der Waals surface area contributed by atoms with Crippen LogP contribution in [0.15, 0.2) is 30.3 Å². The second-order valence-corrected chi connectivity index (χ2v) is 7.30. The third-order valence-corrected chi connectivity index (χ3v) is 5.62. The Hall–Kier alpha value is -1.84. The van der Waals surface area contributed by atoms with Gasteiger partial charge in [-0.2, -0.15) is 0 Å². The van der Waals surface area contributed by atoms with E-state index in [1.165, 1.54) is 12.0 Å². The Balaban J connectivity index is 1.43. The standard InChI is InChI=1S/C20H28N2O2/c1-21-12-11-18(15-19(21)23)20(24)22-13-9-17(10-14-22)8-7-16-5-3-2-4-6-16/h2-6,17-18H,7-15H2,1H3/t18-/m1/s1. The summed E-state index contributed by atoms with van der Waals surface area (Å²) in [5.74, 6) is 0.943. The lowest BCUT2D eigenvalue weighted by atomic mass is 9.89. The fraction of sp³-hybridized carbons (Fsp3) is 0.600. The molecule has 0 bridgehead atoms. The lowest BCUT2D eigenvalue weighted by Gasteiger charge is -2.36. The molecule has 0 N–H and O–H groups in total. The lowest BCUT2D eigenvalue weighted by molar-refractivity contribution is -0.145. The van der Waals surface area contributed by atoms with Crippen LogP contribution in [-0.2, 0) is 16.0 Å². The normalized spacial score (nSPS) is 22.7. The number of carbonyl (C=O) groups excluding carboxylic acids is 2. The van der Waals surface area contributed by atoms with Gasteiger partial charge in [-0.05, 0) is 43.6 Å². The third-order valence-electron chi connectivity index (χ3n) is 5.62. The molecule has 2 amide bonds. The summed E-state index contributed by atoms with van der Waals surface area (Å²) in [5.41, 5.74) is 1.40. The third kappa shape index (κ3) is 4.16. The van der Waals surface area contributed by atoms with E-state index in [9.17, 15) is 9.59 Å². The summed E-state index contributed by atoms with van der Waals surface area (Å²) in [6.07, 6.45) is 5.73. The molecule has 2 heterocycles. The molecule has 1 atom stereocenters. The molecule has 2 aliphatic rings. The highest BCUT2D eigenvalue weighted by Gasteiger charge is 2.33. The molecular formula is C20H28N2O2. The molecule has 3 rings (SSSR count). The number of likely N-dealkylation sites (tertiary alicyclic amines) is 2. The highest BCUT2D eigenvalue weighted by Crippen LogP contribution is 2.26. The first kappa shape index (κ1) is 17.0. The first-order chi connectivity index (χ1) is 11.6. The highest BCUT2D eigenvalue weighted by molar-refractivity contribution is 5.86. The van der Waals surface area contributed by atoms with E-state index in [2.05, 4.69) is 30.3 Å². The number of carbonyl (C=O) groups is 2. The smallest absolute Gasteiger partial charge is 0.226 e. The highest BCUT2D eigenvalue weighted by atomic mass is 16.2. The fourth-order valence-electron chi connectivity index (χ4n) is 3.87. The molecule has 0 aliphatic carbocycles. The largest absolute Gasteiger partial charge is 0.346 e. The van der Waals surface area contributed by atoms with Gasteiger partial charge in [-0.1, -0.05) is 30.3 Å². The second-order valence-electron chi connectivity index (χ2n) is 7.30. The van der Waals surface area contributed by atoms with E-state index in [0.717, 1.165) is 38.8 Å². The number of benzene rings is 1. The maximum absolute atomic E-state index is 12.6. The van der Waals surface area contributed by atoms with E-state index in [0.29, 0.717) is 18.9 Å². The minimum atomic E-state index is -0.0884. The van der Waals surface area contributed by atoms with Gasteiger partial charge in [0.15, 0.2) is 0 Å². The van der Waals surface area contributed by atoms with Crippen molar-refractivity contribution >= 4 is 11.8 Å². The number of nitrogens with zero attached hydrogens (tertiary/aromatic N) is 2. The fourth-order valence-corrected chi connectivity index (χ4v) is 3.87. The summed E-state index contributed by atoms with van der Waals surface area (Å²) in [5, 5.41) is 0. The van der Waals surface area contributed by atoms with Gasteiger partial charge in [0.2, 0.25) is 11.8 Å². The molecule has 2 fully saturated rings. The summed E-state index contributed by atoms with van der Waals surface area (Å²) < 4.78 is 0. The maximum Gasteiger partial charge on any atom is 0.226 e. The van der Waals surface area contributed by atoms with Crippen LogP contribution in [0.2, 0.25) is 0 Å². The molecule has 2 aliphatic heterocycles. The van der Waals surface area contributed by atoms with E-state index in [1.807, 2.05) is 11.9 Å². The van der Waals surface area contributed by atoms with Gasteiger partial charge in [0, 0.05) is 39.0 Å². The van der Waals surface area contributed by atoms with Crippen LogP contribution < -0.4 is 0 Å². The molecule has 4 nitrogen and oxygen atoms in total. The SMILES string of the molecule is CN1CC[C@@H](C(=O)N2CCC(CCc3ccccc3)CC2)CC1=O. The van der Waals surface area contributed by atoms with Crippen molar-refractivity contribution in [3.63, 3.8) is 0 Å². The van der Waals surface area contributed by atoms with Crippen molar-refractivity contribution in [3.8, 4) is 0 Å². The molecule has 0 radical (unpaired) electrons. The summed E-state index contributed by atoms with van der Waals surface area (Å²) in [6, 6.07) is 10.6. The Kier molecular flexibility index (Phi) is 5.54. The summed E-state index contributed by atoms with van der Waals surface area (Å²) in [4.78, 5) is 28.2. The molecule has 2 saturated heterocycles. The van der Waals surface area contributed by atoms with Gasteiger partial charge < -0.3 is 9.80 Å². The predicted molar refractivity (Wildman–Crippen MR) is 94.4 cm³/mol. The van der Waals surface area contributed by atoms with Crippen molar-refractivity contribution in [2.45, 2.75) is 38.5 Å². The Morgan fingerprint density at radius 2 is 1.79 bits per heavy atom. The molecular weight excluding hydrogens is 300 g/mol. The Bertz CT molecular complexity index is 564. The van der Waals surface area contributed by atoms with Crippen molar-refractivity contribution in [3.05, 3.63) is 35.9 Å². The van der Waals surface area contributed by atoms with Gasteiger partial charge >= 0.3 is 0 Å². The number of amides is 2. The van der Waals surface area contributed by atoms with Gasteiger partial charge in [-0.3, -0.25) is 9.59 Å². The summed E-state index contributed by atoms with van der Waals surface area (Å²) >= 11 is 0. The minimum absolute atomic E-state index is 0.0884. The Morgan fingerprint density at radius 1 is 1.08 bits per heavy atom. The van der Waals surface area contributed by atoms with Gasteiger partial charge in [0.25, 0.3) is 0 Å². The average molecular weight is 328 g/mol. The van der Waals surface area contributed by atoms with Gasteiger partial charge in [0.1, 0.15) is 0 Å². The van der Waals surface area contributed by atoms with Crippen LogP contribution in [-0.4, -0.2) is 48.3 Å². The average Bonchev–Trinajstić information content (AvgIpc) is 2.63. The van der Waals surface area contributed by atoms with Gasteiger partial charge in [-0.25, -0.2) is 0 Å². The van der Waals surface area contributed by atoms with Crippen LogP contribution in [0.4, 0.5) is 0 Å². The van der Waals surface area contributed by atoms with E-state index < -0.39 is 0 Å². The van der Waals surface area contributed by atoms with Crippen LogP contribution in [0.25, 0.3) is 0 Å². The molecule has 4 heteroatoms. The van der Waals surface area contributed by atoms with E-state index in [-0.39, 0.29) is 17.7 Å². The van der Waals surface area contributed by atoms with Crippen LogP contribution in [0.1, 0.15) is 37.7 Å². The number of hydrogen-bond acceptors (Lipinski definition) is 2. The number of aryl methyl sites for hydroxylation is 1. The van der Waals surface area contributed by atoms with E-state index >= 15 is 0 Å². The van der Waals surface area contributed by atoms with Crippen LogP contribution in [0, 0.1) is 11.8 Å². The van der Waals surface area contributed by atoms with E-state index in [4.69, 9.17) is 0 Å². The maximum atomic E-state index is 12.6. The number of piperidine rings is 2. The quantitative estimate of drug-likeness (QED) is 0.853. The van der Waals surface area contributed by atoms with Crippen LogP contribution in [0.3, 0.4) is 0 Å². The first-order valence-electron chi connectivity index (χ1n) is 9.20. The lowest BCUT2D eigenvalue weighted by Crippen LogP contribution is -2.46. The molecule has 1 aromatic carbocycles. The van der Waals surface area contributed by atoms with Crippen molar-refractivity contribution < 1.29 is 9.59 Å². The van der Waals surface area contributed by atoms with Crippen LogP contribution >= 0.6 is 0 Å². The molecule has 0 spiro atoms. The zero-order valence-corrected chi connectivity index (χ0v) is 14.6. The molecule has 0 aromatic heterocycles. The van der Waals surface area contributed by atoms with Crippen molar-refractivity contribution in [1.82, 2.24) is 9.80 Å². The molecule has 0 saturated carbocycles. The monoisotopic (exact) mass is 328 g/mol. The zero-order chi connectivity index (χ0) is 16.9. The first-order valence-corrected chi connectivity index (χ1v) is 9.20. The Labute approximate surface area is 144 Å². The Morgan fingerprint density at radius 3 is 2.46 bits per heavy atom. The molecule has 0 unspecified atom stereocenters. The number of hydrogen-bond donors (Lipinski definition) is 0. The summed E-state index contributed by atoms with van der Waals surface area (Å²) in [7, 11) is 1.82. The second kappa shape index (κ2) is 7.82. The zero-order valence-electron chi connectivity index (χ0n) is 14.6. The topological polar surface area (TPSA) is 40.6 Å². The van der Waals surface area contributed by atoms with Crippen molar-refractivity contribution in [2.75, 3.05) is 26.7 Å². The van der Waals surface area contributed by atoms with Gasteiger partial charge in [-0.15, -0.1) is 0 Å².